The molecule has 164 valence electrons. The number of ether oxygens (including phenoxy) is 2. The Balaban J connectivity index is 1.37. The number of hydrogen-bond acceptors (Lipinski definition) is 6. The maximum absolute atomic E-state index is 6.11. The maximum atomic E-state index is 6.11. The van der Waals surface area contributed by atoms with E-state index in [0.29, 0.717) is 35.0 Å². The van der Waals surface area contributed by atoms with Gasteiger partial charge in [-0.2, -0.15) is 4.98 Å². The minimum Gasteiger partial charge on any atom is -0.497 e. The summed E-state index contributed by atoms with van der Waals surface area (Å²) in [5.41, 5.74) is 7.59. The molecule has 0 bridgehead atoms. The van der Waals surface area contributed by atoms with E-state index in [4.69, 9.17) is 31.3 Å². The molecule has 8 nitrogen and oxygen atoms in total. The average Bonchev–Trinajstić information content (AvgIpc) is 3.25. The van der Waals surface area contributed by atoms with Crippen molar-refractivity contribution in [1.29, 1.82) is 0 Å². The first-order chi connectivity index (χ1) is 15.1. The van der Waals surface area contributed by atoms with Crippen LogP contribution in [0.25, 0.3) is 11.4 Å². The lowest BCUT2D eigenvalue weighted by Gasteiger charge is -2.08. The standard InChI is InChI=1S/C22H26ClN5O3/c1-29-17-10-7-15(8-11-17)21-27-20(31-28-21)6-4-3-5-13-25-22(24)26-16-9-12-19(30-2)18(23)14-16/h7-12,14H,3-6,13H2,1-2H3,(H3,24,25,26). The summed E-state index contributed by atoms with van der Waals surface area (Å²) in [5.74, 6) is 2.97. The molecule has 0 aliphatic heterocycles. The summed E-state index contributed by atoms with van der Waals surface area (Å²) in [6.45, 7) is 0.629. The smallest absolute Gasteiger partial charge is 0.226 e. The first-order valence-corrected chi connectivity index (χ1v) is 10.3. The Labute approximate surface area is 186 Å². The summed E-state index contributed by atoms with van der Waals surface area (Å²) in [4.78, 5) is 8.79. The van der Waals surface area contributed by atoms with Crippen molar-refractivity contribution >= 4 is 23.2 Å². The number of nitrogens with two attached hydrogens (primary N) is 1. The molecular formula is C22H26ClN5O3. The highest BCUT2D eigenvalue weighted by atomic mass is 35.5. The Bertz CT molecular complexity index is 1000. The van der Waals surface area contributed by atoms with Crippen molar-refractivity contribution in [2.75, 3.05) is 26.1 Å². The van der Waals surface area contributed by atoms with Crippen molar-refractivity contribution < 1.29 is 14.0 Å². The molecule has 0 saturated heterocycles. The van der Waals surface area contributed by atoms with Crippen LogP contribution >= 0.6 is 11.6 Å². The van der Waals surface area contributed by atoms with E-state index in [1.165, 1.54) is 0 Å². The maximum Gasteiger partial charge on any atom is 0.226 e. The molecule has 2 aromatic carbocycles. The zero-order chi connectivity index (χ0) is 22.1. The molecule has 0 fully saturated rings. The highest BCUT2D eigenvalue weighted by Crippen LogP contribution is 2.27. The zero-order valence-corrected chi connectivity index (χ0v) is 18.4. The van der Waals surface area contributed by atoms with Crippen molar-refractivity contribution in [3.05, 3.63) is 53.4 Å². The van der Waals surface area contributed by atoms with Gasteiger partial charge >= 0.3 is 0 Å². The highest BCUT2D eigenvalue weighted by molar-refractivity contribution is 6.32. The summed E-state index contributed by atoms with van der Waals surface area (Å²) >= 11 is 6.11. The van der Waals surface area contributed by atoms with Crippen LogP contribution in [0.2, 0.25) is 5.02 Å². The molecule has 3 aromatic rings. The first kappa shape index (κ1) is 22.4. The second-order valence-electron chi connectivity index (χ2n) is 6.79. The summed E-state index contributed by atoms with van der Waals surface area (Å²) in [5, 5.41) is 7.58. The number of nitrogens with one attached hydrogen (secondary N) is 1. The number of guanidine groups is 1. The van der Waals surface area contributed by atoms with Crippen LogP contribution in [-0.4, -0.2) is 36.9 Å². The van der Waals surface area contributed by atoms with Gasteiger partial charge in [-0.15, -0.1) is 0 Å². The fourth-order valence-corrected chi connectivity index (χ4v) is 3.17. The molecule has 0 amide bonds. The largest absolute Gasteiger partial charge is 0.497 e. The fourth-order valence-electron chi connectivity index (χ4n) is 2.91. The van der Waals surface area contributed by atoms with Crippen molar-refractivity contribution in [2.45, 2.75) is 25.7 Å². The van der Waals surface area contributed by atoms with Gasteiger partial charge in [0.15, 0.2) is 5.96 Å². The molecule has 3 N–H and O–H groups in total. The molecule has 31 heavy (non-hydrogen) atoms. The van der Waals surface area contributed by atoms with E-state index in [1.54, 1.807) is 26.4 Å². The fraction of sp³-hybridized carbons (Fsp3) is 0.318. The number of unbranched alkanes of at least 4 members (excludes halogenated alkanes) is 2. The second-order valence-corrected chi connectivity index (χ2v) is 7.20. The zero-order valence-electron chi connectivity index (χ0n) is 17.6. The molecule has 0 aliphatic carbocycles. The Morgan fingerprint density at radius 1 is 1.10 bits per heavy atom. The van der Waals surface area contributed by atoms with Gasteiger partial charge in [0.2, 0.25) is 11.7 Å². The molecule has 0 aliphatic rings. The normalized spacial score (nSPS) is 11.4. The van der Waals surface area contributed by atoms with Crippen molar-refractivity contribution in [1.82, 2.24) is 10.1 Å². The third-order valence-corrected chi connectivity index (χ3v) is 4.87. The van der Waals surface area contributed by atoms with Gasteiger partial charge in [0.1, 0.15) is 11.5 Å². The number of aromatic nitrogens is 2. The van der Waals surface area contributed by atoms with Crippen LogP contribution in [-0.2, 0) is 6.42 Å². The monoisotopic (exact) mass is 443 g/mol. The molecule has 0 atom stereocenters. The van der Waals surface area contributed by atoms with Gasteiger partial charge in [-0.25, -0.2) is 0 Å². The van der Waals surface area contributed by atoms with Crippen molar-refractivity contribution in [3.63, 3.8) is 0 Å². The molecule has 9 heteroatoms. The number of benzene rings is 2. The van der Waals surface area contributed by atoms with E-state index in [-0.39, 0.29) is 0 Å². The van der Waals surface area contributed by atoms with E-state index in [9.17, 15) is 0 Å². The third-order valence-electron chi connectivity index (χ3n) is 4.57. The van der Waals surface area contributed by atoms with E-state index < -0.39 is 0 Å². The number of methoxy groups -OCH3 is 2. The predicted molar refractivity (Wildman–Crippen MR) is 122 cm³/mol. The van der Waals surface area contributed by atoms with Crippen LogP contribution in [0, 0.1) is 0 Å². The number of halogens is 1. The van der Waals surface area contributed by atoms with E-state index in [0.717, 1.165) is 42.7 Å². The number of rotatable bonds is 10. The number of aliphatic imine (C=N–C) groups is 1. The summed E-state index contributed by atoms with van der Waals surface area (Å²) in [6.07, 6.45) is 3.54. The molecule has 1 heterocycles. The summed E-state index contributed by atoms with van der Waals surface area (Å²) in [7, 11) is 3.21. The molecule has 3 rings (SSSR count). The van der Waals surface area contributed by atoms with Crippen LogP contribution in [0.15, 0.2) is 52.0 Å². The number of aryl methyl sites for hydroxylation is 1. The lowest BCUT2D eigenvalue weighted by atomic mass is 10.2. The molecular weight excluding hydrogens is 418 g/mol. The van der Waals surface area contributed by atoms with Gasteiger partial charge in [0, 0.05) is 24.2 Å². The number of nitrogens with zero attached hydrogens (tertiary/aromatic N) is 3. The topological polar surface area (TPSA) is 108 Å². The Morgan fingerprint density at radius 2 is 1.90 bits per heavy atom. The minimum atomic E-state index is 0.349. The summed E-state index contributed by atoms with van der Waals surface area (Å²) in [6, 6.07) is 12.9. The molecule has 1 aromatic heterocycles. The van der Waals surface area contributed by atoms with Crippen LogP contribution in [0.5, 0.6) is 11.5 Å². The van der Waals surface area contributed by atoms with Crippen LogP contribution in [0.1, 0.15) is 25.2 Å². The molecule has 0 saturated carbocycles. The van der Waals surface area contributed by atoms with E-state index in [1.807, 2.05) is 30.3 Å². The van der Waals surface area contributed by atoms with Gasteiger partial charge in [-0.05, 0) is 55.3 Å². The van der Waals surface area contributed by atoms with Crippen LogP contribution in [0.4, 0.5) is 5.69 Å². The molecule has 0 unspecified atom stereocenters. The second kappa shape index (κ2) is 11.2. The van der Waals surface area contributed by atoms with Crippen molar-refractivity contribution in [3.8, 4) is 22.9 Å². The lowest BCUT2D eigenvalue weighted by Crippen LogP contribution is -2.22. The minimum absolute atomic E-state index is 0.349. The third kappa shape index (κ3) is 6.62. The SMILES string of the molecule is COc1ccc(-c2noc(CCCCCN=C(N)Nc3ccc(OC)c(Cl)c3)n2)cc1. The van der Waals surface area contributed by atoms with E-state index in [2.05, 4.69) is 20.4 Å². The van der Waals surface area contributed by atoms with Crippen LogP contribution < -0.4 is 20.5 Å². The number of anilines is 1. The summed E-state index contributed by atoms with van der Waals surface area (Å²) < 4.78 is 15.6. The van der Waals surface area contributed by atoms with Gasteiger partial charge in [-0.3, -0.25) is 4.99 Å². The highest BCUT2D eigenvalue weighted by Gasteiger charge is 2.08. The number of hydrogen-bond donors (Lipinski definition) is 2. The lowest BCUT2D eigenvalue weighted by molar-refractivity contribution is 0.374. The van der Waals surface area contributed by atoms with Gasteiger partial charge in [-0.1, -0.05) is 23.2 Å². The van der Waals surface area contributed by atoms with E-state index >= 15 is 0 Å². The average molecular weight is 444 g/mol. The van der Waals surface area contributed by atoms with Crippen LogP contribution in [0.3, 0.4) is 0 Å². The Hall–Kier alpha value is -3.26. The van der Waals surface area contributed by atoms with Gasteiger partial charge in [0.25, 0.3) is 0 Å². The Morgan fingerprint density at radius 3 is 2.61 bits per heavy atom. The van der Waals surface area contributed by atoms with Gasteiger partial charge in [0.05, 0.1) is 19.2 Å². The predicted octanol–water partition coefficient (Wildman–Crippen LogP) is 4.55. The quantitative estimate of drug-likeness (QED) is 0.269. The van der Waals surface area contributed by atoms with Crippen molar-refractivity contribution in [2.24, 2.45) is 10.7 Å². The first-order valence-electron chi connectivity index (χ1n) is 9.96. The molecule has 0 spiro atoms. The molecule has 0 radical (unpaired) electrons. The van der Waals surface area contributed by atoms with Gasteiger partial charge < -0.3 is 25.0 Å². The Kier molecular flexibility index (Phi) is 8.12.